The fraction of sp³-hybridized carbons (Fsp3) is 0.0909. The molecule has 0 atom stereocenters. The summed E-state index contributed by atoms with van der Waals surface area (Å²) in [6.07, 6.45) is -4.63. The van der Waals surface area contributed by atoms with Crippen LogP contribution in [0.5, 0.6) is 0 Å². The summed E-state index contributed by atoms with van der Waals surface area (Å²) in [4.78, 5) is 18.5. The number of aromatic amines is 1. The number of methoxy groups -OCH3 is 1. The van der Waals surface area contributed by atoms with Gasteiger partial charge in [0.25, 0.3) is 0 Å². The fourth-order valence-corrected chi connectivity index (χ4v) is 3.22. The minimum atomic E-state index is -4.63. The predicted octanol–water partition coefficient (Wildman–Crippen LogP) is 5.98. The molecule has 4 nitrogen and oxygen atoms in total. The van der Waals surface area contributed by atoms with Crippen LogP contribution in [0.25, 0.3) is 33.5 Å². The number of rotatable bonds is 3. The van der Waals surface area contributed by atoms with Gasteiger partial charge in [-0.05, 0) is 35.4 Å². The van der Waals surface area contributed by atoms with Gasteiger partial charge in [0.05, 0.1) is 29.3 Å². The van der Waals surface area contributed by atoms with Crippen LogP contribution in [-0.2, 0) is 10.9 Å². The molecule has 3 aromatic carbocycles. The Balaban J connectivity index is 1.84. The summed E-state index contributed by atoms with van der Waals surface area (Å²) in [6, 6.07) is 10.7. The topological polar surface area (TPSA) is 55.0 Å². The first-order valence-electron chi connectivity index (χ1n) is 8.92. The lowest BCUT2D eigenvalue weighted by Gasteiger charge is -2.14. The van der Waals surface area contributed by atoms with E-state index < -0.39 is 29.3 Å². The van der Waals surface area contributed by atoms with E-state index in [2.05, 4.69) is 14.7 Å². The number of benzene rings is 3. The van der Waals surface area contributed by atoms with Crippen LogP contribution in [0.3, 0.4) is 0 Å². The van der Waals surface area contributed by atoms with Gasteiger partial charge in [-0.25, -0.2) is 18.6 Å². The number of aromatic nitrogens is 2. The van der Waals surface area contributed by atoms with E-state index in [1.54, 1.807) is 0 Å². The van der Waals surface area contributed by atoms with Gasteiger partial charge in [0.1, 0.15) is 5.82 Å². The Kier molecular flexibility index (Phi) is 4.96. The molecule has 0 aliphatic rings. The summed E-state index contributed by atoms with van der Waals surface area (Å²) in [6.45, 7) is 0. The second kappa shape index (κ2) is 7.50. The van der Waals surface area contributed by atoms with Crippen LogP contribution in [0, 0.1) is 11.6 Å². The third-order valence-corrected chi connectivity index (χ3v) is 4.74. The number of esters is 1. The summed E-state index contributed by atoms with van der Waals surface area (Å²) in [5.74, 6) is -2.61. The molecule has 0 unspecified atom stereocenters. The number of halogens is 5. The largest absolute Gasteiger partial charge is 0.465 e. The maximum atomic E-state index is 13.6. The van der Waals surface area contributed by atoms with Crippen LogP contribution >= 0.6 is 0 Å². The molecule has 4 rings (SSSR count). The van der Waals surface area contributed by atoms with Gasteiger partial charge in [0.2, 0.25) is 0 Å². The Morgan fingerprint density at radius 2 is 1.58 bits per heavy atom. The van der Waals surface area contributed by atoms with E-state index in [4.69, 9.17) is 0 Å². The molecular weight excluding hydrogens is 419 g/mol. The number of nitrogens with one attached hydrogen (secondary N) is 1. The van der Waals surface area contributed by atoms with Crippen molar-refractivity contribution in [1.29, 1.82) is 0 Å². The van der Waals surface area contributed by atoms with E-state index in [1.807, 2.05) is 0 Å². The average Bonchev–Trinajstić information content (AvgIpc) is 3.15. The molecule has 31 heavy (non-hydrogen) atoms. The first kappa shape index (κ1) is 20.5. The van der Waals surface area contributed by atoms with Crippen LogP contribution in [-0.4, -0.2) is 23.0 Å². The smallest absolute Gasteiger partial charge is 0.417 e. The normalized spacial score (nSPS) is 11.7. The van der Waals surface area contributed by atoms with E-state index >= 15 is 0 Å². The summed E-state index contributed by atoms with van der Waals surface area (Å²) >= 11 is 0. The number of fused-ring (bicyclic) bond motifs is 1. The fourth-order valence-electron chi connectivity index (χ4n) is 3.22. The zero-order valence-corrected chi connectivity index (χ0v) is 15.8. The van der Waals surface area contributed by atoms with Crippen molar-refractivity contribution in [2.75, 3.05) is 7.11 Å². The van der Waals surface area contributed by atoms with Gasteiger partial charge in [-0.15, -0.1) is 0 Å². The molecule has 0 saturated heterocycles. The van der Waals surface area contributed by atoms with E-state index in [-0.39, 0.29) is 39.1 Å². The summed E-state index contributed by atoms with van der Waals surface area (Å²) < 4.78 is 72.3. The minimum Gasteiger partial charge on any atom is -0.465 e. The molecule has 0 amide bonds. The average molecular weight is 432 g/mol. The molecule has 9 heteroatoms. The van der Waals surface area contributed by atoms with Crippen molar-refractivity contribution in [3.8, 4) is 22.5 Å². The number of nitrogens with zero attached hydrogens (tertiary/aromatic N) is 1. The van der Waals surface area contributed by atoms with Gasteiger partial charge in [-0.2, -0.15) is 13.2 Å². The molecule has 0 bridgehead atoms. The number of alkyl halides is 3. The highest BCUT2D eigenvalue weighted by Gasteiger charge is 2.34. The molecule has 1 heterocycles. The van der Waals surface area contributed by atoms with Gasteiger partial charge in [0, 0.05) is 17.7 Å². The first-order valence-corrected chi connectivity index (χ1v) is 8.92. The number of H-pyrrole nitrogens is 1. The zero-order valence-electron chi connectivity index (χ0n) is 15.8. The highest BCUT2D eigenvalue weighted by atomic mass is 19.4. The van der Waals surface area contributed by atoms with Crippen molar-refractivity contribution in [3.05, 3.63) is 77.4 Å². The van der Waals surface area contributed by atoms with E-state index in [9.17, 15) is 26.7 Å². The predicted molar refractivity (Wildman–Crippen MR) is 103 cm³/mol. The molecule has 0 radical (unpaired) electrons. The summed E-state index contributed by atoms with van der Waals surface area (Å²) in [5.41, 5.74) is 0.0226. The van der Waals surface area contributed by atoms with Crippen LogP contribution in [0.1, 0.15) is 15.9 Å². The monoisotopic (exact) mass is 432 g/mol. The molecular formula is C22H13F5N2O2. The Hall–Kier alpha value is -3.75. The van der Waals surface area contributed by atoms with Crippen molar-refractivity contribution in [2.45, 2.75) is 6.18 Å². The molecule has 0 fully saturated rings. The van der Waals surface area contributed by atoms with Crippen LogP contribution < -0.4 is 0 Å². The van der Waals surface area contributed by atoms with Crippen molar-refractivity contribution >= 4 is 17.0 Å². The number of ether oxygens (including phenoxy) is 1. The Morgan fingerprint density at radius 3 is 2.23 bits per heavy atom. The highest BCUT2D eigenvalue weighted by molar-refractivity contribution is 5.90. The van der Waals surface area contributed by atoms with Gasteiger partial charge < -0.3 is 9.72 Å². The minimum absolute atomic E-state index is 0.137. The van der Waals surface area contributed by atoms with Crippen LogP contribution in [0.2, 0.25) is 0 Å². The molecule has 4 aromatic rings. The SMILES string of the molecule is COC(=O)c1ccc(-c2cc(-c3nc4cc(F)c(F)cc4[nH]3)ccc2C(F)(F)F)cc1. The Bertz CT molecular complexity index is 1250. The molecule has 0 saturated carbocycles. The molecule has 0 spiro atoms. The lowest BCUT2D eigenvalue weighted by molar-refractivity contribution is -0.137. The second-order valence-corrected chi connectivity index (χ2v) is 6.70. The molecule has 158 valence electrons. The Morgan fingerprint density at radius 1 is 0.935 bits per heavy atom. The first-order chi connectivity index (χ1) is 14.7. The molecule has 0 aliphatic carbocycles. The lowest BCUT2D eigenvalue weighted by atomic mass is 9.96. The zero-order chi connectivity index (χ0) is 22.3. The van der Waals surface area contributed by atoms with Gasteiger partial charge in [-0.1, -0.05) is 18.2 Å². The van der Waals surface area contributed by atoms with Crippen LogP contribution in [0.4, 0.5) is 22.0 Å². The maximum absolute atomic E-state index is 13.6. The maximum Gasteiger partial charge on any atom is 0.417 e. The van der Waals surface area contributed by atoms with Gasteiger partial charge in [-0.3, -0.25) is 0 Å². The summed E-state index contributed by atoms with van der Waals surface area (Å²) in [5, 5.41) is 0. The second-order valence-electron chi connectivity index (χ2n) is 6.70. The molecule has 0 aliphatic heterocycles. The van der Waals surface area contributed by atoms with Gasteiger partial charge in [0.15, 0.2) is 11.6 Å². The summed E-state index contributed by atoms with van der Waals surface area (Å²) in [7, 11) is 1.20. The lowest BCUT2D eigenvalue weighted by Crippen LogP contribution is -2.07. The number of carbonyl (C=O) groups is 1. The highest BCUT2D eigenvalue weighted by Crippen LogP contribution is 2.39. The van der Waals surface area contributed by atoms with Crippen molar-refractivity contribution in [3.63, 3.8) is 0 Å². The molecule has 1 aromatic heterocycles. The Labute approximate surface area is 172 Å². The van der Waals surface area contributed by atoms with Gasteiger partial charge >= 0.3 is 12.1 Å². The van der Waals surface area contributed by atoms with Crippen molar-refractivity contribution in [2.24, 2.45) is 0 Å². The number of hydrogen-bond acceptors (Lipinski definition) is 3. The van der Waals surface area contributed by atoms with Crippen LogP contribution in [0.15, 0.2) is 54.6 Å². The number of imidazole rings is 1. The van der Waals surface area contributed by atoms with Crippen molar-refractivity contribution in [1.82, 2.24) is 9.97 Å². The third-order valence-electron chi connectivity index (χ3n) is 4.74. The molecule has 1 N–H and O–H groups in total. The van der Waals surface area contributed by atoms with E-state index in [0.29, 0.717) is 0 Å². The van der Waals surface area contributed by atoms with Crippen molar-refractivity contribution < 1.29 is 31.5 Å². The third kappa shape index (κ3) is 3.86. The standard InChI is InChI=1S/C22H13F5N2O2/c1-31-21(30)12-4-2-11(3-5-12)14-8-13(6-7-15(14)22(25,26)27)20-28-18-9-16(23)17(24)10-19(18)29-20/h2-10H,1H3,(H,28,29). The van der Waals surface area contributed by atoms with E-state index in [1.165, 1.54) is 43.5 Å². The number of carbonyl (C=O) groups excluding carboxylic acids is 1. The van der Waals surface area contributed by atoms with E-state index in [0.717, 1.165) is 18.2 Å². The number of hydrogen-bond donors (Lipinski definition) is 1. The quantitative estimate of drug-likeness (QED) is 0.320.